The molecule has 0 spiro atoms. The molecule has 2 unspecified atom stereocenters. The molecule has 2 aromatic carbocycles. The van der Waals surface area contributed by atoms with Crippen molar-refractivity contribution in [1.29, 1.82) is 0 Å². The highest BCUT2D eigenvalue weighted by atomic mass is 16.2. The standard InChI is InChI=1S/C24H28N2O2/c1-16(2)17-10-12-20(13-11-17)26-15-19(14-23(26)27)24(28)25-22-9-5-7-18-6-3-4-8-21(18)22/h3-4,6,8,10-13,16,19,22H,5,7,9,14-15H2,1-2H3,(H,25,28). The van der Waals surface area contributed by atoms with Gasteiger partial charge in [-0.3, -0.25) is 9.59 Å². The Labute approximate surface area is 166 Å². The molecule has 0 radical (unpaired) electrons. The first-order valence-electron chi connectivity index (χ1n) is 10.3. The minimum absolute atomic E-state index is 0.00338. The zero-order valence-electron chi connectivity index (χ0n) is 16.7. The number of anilines is 1. The van der Waals surface area contributed by atoms with E-state index in [0.717, 1.165) is 24.9 Å². The SMILES string of the molecule is CC(C)c1ccc(N2CC(C(=O)NC3CCCc4ccccc43)CC2=O)cc1. The lowest BCUT2D eigenvalue weighted by Gasteiger charge is -2.27. The van der Waals surface area contributed by atoms with Crippen LogP contribution in [0.1, 0.15) is 61.8 Å². The molecule has 1 saturated heterocycles. The van der Waals surface area contributed by atoms with Gasteiger partial charge < -0.3 is 10.2 Å². The zero-order valence-corrected chi connectivity index (χ0v) is 16.7. The van der Waals surface area contributed by atoms with Crippen LogP contribution in [0.3, 0.4) is 0 Å². The molecule has 4 rings (SSSR count). The Hall–Kier alpha value is -2.62. The molecular weight excluding hydrogens is 348 g/mol. The van der Waals surface area contributed by atoms with Crippen molar-refractivity contribution in [3.05, 3.63) is 65.2 Å². The van der Waals surface area contributed by atoms with E-state index in [1.54, 1.807) is 4.90 Å². The first-order chi connectivity index (χ1) is 13.5. The van der Waals surface area contributed by atoms with E-state index in [0.29, 0.717) is 12.5 Å². The van der Waals surface area contributed by atoms with Crippen LogP contribution in [-0.2, 0) is 16.0 Å². The molecule has 2 atom stereocenters. The van der Waals surface area contributed by atoms with Gasteiger partial charge in [0.05, 0.1) is 12.0 Å². The lowest BCUT2D eigenvalue weighted by atomic mass is 9.87. The van der Waals surface area contributed by atoms with Gasteiger partial charge in [0.2, 0.25) is 11.8 Å². The second-order valence-electron chi connectivity index (χ2n) is 8.30. The summed E-state index contributed by atoms with van der Waals surface area (Å²) >= 11 is 0. The molecule has 28 heavy (non-hydrogen) atoms. The summed E-state index contributed by atoms with van der Waals surface area (Å²) < 4.78 is 0. The summed E-state index contributed by atoms with van der Waals surface area (Å²) in [6.07, 6.45) is 3.40. The Bertz CT molecular complexity index is 872. The number of carbonyl (C=O) groups excluding carboxylic acids is 2. The summed E-state index contributed by atoms with van der Waals surface area (Å²) in [5.74, 6) is 0.199. The van der Waals surface area contributed by atoms with E-state index in [-0.39, 0.29) is 30.2 Å². The topological polar surface area (TPSA) is 49.4 Å². The first kappa shape index (κ1) is 18.7. The fourth-order valence-electron chi connectivity index (χ4n) is 4.37. The van der Waals surface area contributed by atoms with Crippen molar-refractivity contribution < 1.29 is 9.59 Å². The molecule has 146 valence electrons. The van der Waals surface area contributed by atoms with E-state index in [1.165, 1.54) is 16.7 Å². The molecule has 2 aliphatic rings. The molecule has 4 nitrogen and oxygen atoms in total. The second-order valence-corrected chi connectivity index (χ2v) is 8.30. The maximum atomic E-state index is 12.9. The lowest BCUT2D eigenvalue weighted by molar-refractivity contribution is -0.127. The molecular formula is C24H28N2O2. The molecule has 4 heteroatoms. The van der Waals surface area contributed by atoms with Crippen molar-refractivity contribution in [2.45, 2.75) is 51.5 Å². The summed E-state index contributed by atoms with van der Waals surface area (Å²) in [6, 6.07) is 16.5. The number of aryl methyl sites for hydroxylation is 1. The monoisotopic (exact) mass is 376 g/mol. The summed E-state index contributed by atoms with van der Waals surface area (Å²) in [4.78, 5) is 27.2. The van der Waals surface area contributed by atoms with Gasteiger partial charge in [-0.1, -0.05) is 50.2 Å². The molecule has 1 N–H and O–H groups in total. The van der Waals surface area contributed by atoms with Crippen LogP contribution >= 0.6 is 0 Å². The predicted octanol–water partition coefficient (Wildman–Crippen LogP) is 4.36. The number of amides is 2. The third kappa shape index (κ3) is 3.68. The van der Waals surface area contributed by atoms with Gasteiger partial charge in [0.25, 0.3) is 0 Å². The minimum atomic E-state index is -0.286. The summed E-state index contributed by atoms with van der Waals surface area (Å²) in [5, 5.41) is 3.22. The summed E-state index contributed by atoms with van der Waals surface area (Å²) in [7, 11) is 0. The highest BCUT2D eigenvalue weighted by Crippen LogP contribution is 2.31. The van der Waals surface area contributed by atoms with Gasteiger partial charge in [0, 0.05) is 18.7 Å². The van der Waals surface area contributed by atoms with Crippen LogP contribution in [0.15, 0.2) is 48.5 Å². The molecule has 0 aromatic heterocycles. The van der Waals surface area contributed by atoms with E-state index >= 15 is 0 Å². The number of rotatable bonds is 4. The van der Waals surface area contributed by atoms with Crippen LogP contribution in [-0.4, -0.2) is 18.4 Å². The molecule has 1 aliphatic carbocycles. The number of fused-ring (bicyclic) bond motifs is 1. The summed E-state index contributed by atoms with van der Waals surface area (Å²) in [6.45, 7) is 4.76. The van der Waals surface area contributed by atoms with E-state index in [1.807, 2.05) is 18.2 Å². The smallest absolute Gasteiger partial charge is 0.227 e. The van der Waals surface area contributed by atoms with Crippen molar-refractivity contribution in [2.24, 2.45) is 5.92 Å². The highest BCUT2D eigenvalue weighted by molar-refractivity contribution is 6.00. The van der Waals surface area contributed by atoms with Crippen LogP contribution in [0.2, 0.25) is 0 Å². The lowest BCUT2D eigenvalue weighted by Crippen LogP contribution is -2.36. The van der Waals surface area contributed by atoms with Gasteiger partial charge in [-0.25, -0.2) is 0 Å². The molecule has 0 bridgehead atoms. The predicted molar refractivity (Wildman–Crippen MR) is 111 cm³/mol. The Morgan fingerprint density at radius 1 is 1.11 bits per heavy atom. The average molecular weight is 377 g/mol. The normalized spacial score (nSPS) is 21.7. The number of benzene rings is 2. The fraction of sp³-hybridized carbons (Fsp3) is 0.417. The van der Waals surface area contributed by atoms with E-state index < -0.39 is 0 Å². The van der Waals surface area contributed by atoms with Gasteiger partial charge in [0.1, 0.15) is 0 Å². The van der Waals surface area contributed by atoms with Gasteiger partial charge in [-0.15, -0.1) is 0 Å². The largest absolute Gasteiger partial charge is 0.349 e. The number of carbonyl (C=O) groups is 2. The van der Waals surface area contributed by atoms with Gasteiger partial charge in [0.15, 0.2) is 0 Å². The second kappa shape index (κ2) is 7.78. The van der Waals surface area contributed by atoms with E-state index in [4.69, 9.17) is 0 Å². The van der Waals surface area contributed by atoms with Crippen molar-refractivity contribution in [3.63, 3.8) is 0 Å². The molecule has 1 fully saturated rings. The van der Waals surface area contributed by atoms with E-state index in [9.17, 15) is 9.59 Å². The summed E-state index contributed by atoms with van der Waals surface area (Å²) in [5.41, 5.74) is 4.69. The quantitative estimate of drug-likeness (QED) is 0.862. The minimum Gasteiger partial charge on any atom is -0.349 e. The Morgan fingerprint density at radius 3 is 2.61 bits per heavy atom. The maximum absolute atomic E-state index is 12.9. The van der Waals surface area contributed by atoms with Gasteiger partial charge in [-0.05, 0) is 54.0 Å². The van der Waals surface area contributed by atoms with Gasteiger partial charge >= 0.3 is 0 Å². The fourth-order valence-corrected chi connectivity index (χ4v) is 4.37. The molecule has 1 aliphatic heterocycles. The number of hydrogen-bond donors (Lipinski definition) is 1. The van der Waals surface area contributed by atoms with Crippen LogP contribution < -0.4 is 10.2 Å². The first-order valence-corrected chi connectivity index (χ1v) is 10.3. The number of hydrogen-bond acceptors (Lipinski definition) is 2. The van der Waals surface area contributed by atoms with Crippen LogP contribution in [0.4, 0.5) is 5.69 Å². The Balaban J connectivity index is 1.43. The van der Waals surface area contributed by atoms with Crippen LogP contribution in [0, 0.1) is 5.92 Å². The van der Waals surface area contributed by atoms with Crippen molar-refractivity contribution in [2.75, 3.05) is 11.4 Å². The van der Waals surface area contributed by atoms with Gasteiger partial charge in [-0.2, -0.15) is 0 Å². The van der Waals surface area contributed by atoms with E-state index in [2.05, 4.69) is 49.5 Å². The Morgan fingerprint density at radius 2 is 1.86 bits per heavy atom. The molecule has 2 aromatic rings. The third-order valence-corrected chi connectivity index (χ3v) is 6.05. The highest BCUT2D eigenvalue weighted by Gasteiger charge is 2.36. The Kier molecular flexibility index (Phi) is 5.21. The number of nitrogens with one attached hydrogen (secondary N) is 1. The third-order valence-electron chi connectivity index (χ3n) is 6.05. The van der Waals surface area contributed by atoms with Crippen LogP contribution in [0.25, 0.3) is 0 Å². The molecule has 0 saturated carbocycles. The zero-order chi connectivity index (χ0) is 19.7. The maximum Gasteiger partial charge on any atom is 0.227 e. The average Bonchev–Trinajstić information content (AvgIpc) is 3.10. The van der Waals surface area contributed by atoms with Crippen LogP contribution in [0.5, 0.6) is 0 Å². The number of nitrogens with zero attached hydrogens (tertiary/aromatic N) is 1. The molecule has 1 heterocycles. The van der Waals surface area contributed by atoms with Crippen molar-refractivity contribution in [1.82, 2.24) is 5.32 Å². The van der Waals surface area contributed by atoms with Crippen molar-refractivity contribution >= 4 is 17.5 Å². The molecule has 2 amide bonds. The van der Waals surface area contributed by atoms with Crippen molar-refractivity contribution in [3.8, 4) is 0 Å².